The van der Waals surface area contributed by atoms with E-state index in [4.69, 9.17) is 25.2 Å². The van der Waals surface area contributed by atoms with E-state index in [1.807, 2.05) is 0 Å². The number of unbranched alkanes of at least 4 members (excludes halogenated alkanes) is 12. The quantitative estimate of drug-likeness (QED) is 0.0876. The minimum Gasteiger partial charge on any atom is -0.465 e. The van der Waals surface area contributed by atoms with E-state index in [2.05, 4.69) is 39.8 Å². The van der Waals surface area contributed by atoms with Gasteiger partial charge in [0, 0.05) is 19.6 Å². The first-order chi connectivity index (χ1) is 16.8. The summed E-state index contributed by atoms with van der Waals surface area (Å²) in [6.07, 6.45) is 23.4. The minimum atomic E-state index is -0.125. The maximum atomic E-state index is 11.6. The van der Waals surface area contributed by atoms with Crippen molar-refractivity contribution in [1.82, 2.24) is 0 Å². The molecule has 0 aliphatic heterocycles. The van der Waals surface area contributed by atoms with Crippen LogP contribution in [0.2, 0.25) is 0 Å². The summed E-state index contributed by atoms with van der Waals surface area (Å²) >= 11 is 0. The third-order valence-corrected chi connectivity index (χ3v) is 4.98. The van der Waals surface area contributed by atoms with Gasteiger partial charge in [0.25, 0.3) is 0 Å². The van der Waals surface area contributed by atoms with E-state index in [1.165, 1.54) is 70.6 Å². The summed E-state index contributed by atoms with van der Waals surface area (Å²) in [5.41, 5.74) is 0.0677. The van der Waals surface area contributed by atoms with Crippen LogP contribution in [-0.2, 0) is 9.53 Å². The van der Waals surface area contributed by atoms with Crippen LogP contribution in [0.3, 0.4) is 0 Å². The molecule has 4 N–H and O–H groups in total. The summed E-state index contributed by atoms with van der Waals surface area (Å²) in [6, 6.07) is 0. The fourth-order valence-corrected chi connectivity index (χ4v) is 2.93. The van der Waals surface area contributed by atoms with Crippen molar-refractivity contribution < 1.29 is 30.0 Å². The van der Waals surface area contributed by atoms with Crippen LogP contribution in [0.15, 0.2) is 12.2 Å². The SMILES string of the molecule is CCCCCCCC/C=C\CCCCCCCC(=O)OCC(C)(C)C.OCCCCO.OCCO. The van der Waals surface area contributed by atoms with Crippen LogP contribution in [0.5, 0.6) is 0 Å². The number of hydrogen-bond acceptors (Lipinski definition) is 6. The molecule has 0 bridgehead atoms. The zero-order chi connectivity index (χ0) is 27.0. The molecule has 0 saturated carbocycles. The molecule has 6 heteroatoms. The largest absolute Gasteiger partial charge is 0.465 e. The molecular weight excluding hydrogens is 444 g/mol. The second kappa shape index (κ2) is 33.0. The van der Waals surface area contributed by atoms with Gasteiger partial charge in [-0.15, -0.1) is 0 Å². The lowest BCUT2D eigenvalue weighted by molar-refractivity contribution is -0.146. The highest BCUT2D eigenvalue weighted by atomic mass is 16.5. The number of rotatable bonds is 20. The van der Waals surface area contributed by atoms with Crippen molar-refractivity contribution in [1.29, 1.82) is 0 Å². The summed E-state index contributed by atoms with van der Waals surface area (Å²) in [6.45, 7) is 9.19. The van der Waals surface area contributed by atoms with E-state index < -0.39 is 0 Å². The molecule has 0 fully saturated rings. The minimum absolute atomic E-state index is 0.0347. The third-order valence-electron chi connectivity index (χ3n) is 4.98. The highest BCUT2D eigenvalue weighted by Crippen LogP contribution is 2.14. The standard InChI is InChI=1S/C23H44O2.C4H10O2.C2H6O2/c1-5-6-7-8-9-10-11-12-13-14-15-16-17-18-19-20-22(24)25-21-23(2,3)4;5-3-1-2-4-6;3-1-2-4/h12-13H,5-11,14-21H2,1-4H3;5-6H,1-4H2;3-4H,1-2H2/b13-12-;;. The predicted octanol–water partition coefficient (Wildman–Crippen LogP) is 6.34. The molecule has 0 radical (unpaired) electrons. The Balaban J connectivity index is -0.000000854. The molecule has 0 aromatic rings. The molecule has 0 unspecified atom stereocenters. The van der Waals surface area contributed by atoms with E-state index in [9.17, 15) is 4.79 Å². The van der Waals surface area contributed by atoms with E-state index in [0.29, 0.717) is 13.0 Å². The molecule has 0 aromatic heterocycles. The molecule has 0 atom stereocenters. The van der Waals surface area contributed by atoms with Gasteiger partial charge in [0.05, 0.1) is 19.8 Å². The number of ether oxygens (including phenoxy) is 1. The molecule has 0 rings (SSSR count). The fraction of sp³-hybridized carbons (Fsp3) is 0.897. The summed E-state index contributed by atoms with van der Waals surface area (Å²) in [5.74, 6) is -0.0347. The average Bonchev–Trinajstić information content (AvgIpc) is 2.84. The fourth-order valence-electron chi connectivity index (χ4n) is 2.93. The van der Waals surface area contributed by atoms with Gasteiger partial charge >= 0.3 is 5.97 Å². The molecule has 0 aliphatic rings. The van der Waals surface area contributed by atoms with Gasteiger partial charge in [-0.2, -0.15) is 0 Å². The molecular formula is C29H60O6. The molecule has 0 aliphatic carbocycles. The van der Waals surface area contributed by atoms with Crippen LogP contribution in [0, 0.1) is 5.41 Å². The van der Waals surface area contributed by atoms with Gasteiger partial charge in [0.15, 0.2) is 0 Å². The lowest BCUT2D eigenvalue weighted by Crippen LogP contribution is -2.18. The van der Waals surface area contributed by atoms with Crippen LogP contribution in [-0.4, -0.2) is 59.4 Å². The predicted molar refractivity (Wildman–Crippen MR) is 147 cm³/mol. The Kier molecular flexibility index (Phi) is 36.4. The monoisotopic (exact) mass is 504 g/mol. The molecule has 212 valence electrons. The average molecular weight is 505 g/mol. The number of aliphatic hydroxyl groups is 4. The lowest BCUT2D eigenvalue weighted by atomic mass is 9.99. The Labute approximate surface area is 217 Å². The number of hydrogen-bond donors (Lipinski definition) is 4. The van der Waals surface area contributed by atoms with Gasteiger partial charge in [-0.05, 0) is 50.4 Å². The van der Waals surface area contributed by atoms with E-state index in [0.717, 1.165) is 25.7 Å². The van der Waals surface area contributed by atoms with Gasteiger partial charge in [-0.1, -0.05) is 91.2 Å². The topological polar surface area (TPSA) is 107 Å². The highest BCUT2D eigenvalue weighted by Gasteiger charge is 2.13. The first kappa shape index (κ1) is 38.6. The number of carbonyl (C=O) groups excluding carboxylic acids is 1. The smallest absolute Gasteiger partial charge is 0.305 e. The Hall–Kier alpha value is -0.950. The summed E-state index contributed by atoms with van der Waals surface area (Å²) in [7, 11) is 0. The molecule has 0 aromatic carbocycles. The molecule has 6 nitrogen and oxygen atoms in total. The Morgan fingerprint density at radius 2 is 1.06 bits per heavy atom. The molecule has 0 heterocycles. The lowest BCUT2D eigenvalue weighted by Gasteiger charge is -2.17. The normalized spacial score (nSPS) is 11.0. The van der Waals surface area contributed by atoms with Crippen molar-refractivity contribution in [2.45, 2.75) is 130 Å². The Bertz CT molecular complexity index is 412. The third kappa shape index (κ3) is 47.0. The zero-order valence-electron chi connectivity index (χ0n) is 23.6. The van der Waals surface area contributed by atoms with Gasteiger partial charge in [-0.3, -0.25) is 4.79 Å². The molecule has 35 heavy (non-hydrogen) atoms. The van der Waals surface area contributed by atoms with E-state index in [1.54, 1.807) is 0 Å². The maximum absolute atomic E-state index is 11.6. The number of carbonyl (C=O) groups is 1. The highest BCUT2D eigenvalue weighted by molar-refractivity contribution is 5.69. The molecule has 0 amide bonds. The molecule has 0 spiro atoms. The summed E-state index contributed by atoms with van der Waals surface area (Å²) < 4.78 is 5.28. The van der Waals surface area contributed by atoms with Gasteiger partial charge in [0.2, 0.25) is 0 Å². The zero-order valence-corrected chi connectivity index (χ0v) is 23.6. The van der Waals surface area contributed by atoms with Crippen LogP contribution >= 0.6 is 0 Å². The van der Waals surface area contributed by atoms with E-state index in [-0.39, 0.29) is 37.8 Å². The second-order valence-corrected chi connectivity index (χ2v) is 10.2. The van der Waals surface area contributed by atoms with Crippen LogP contribution in [0.1, 0.15) is 130 Å². The van der Waals surface area contributed by atoms with Crippen molar-refractivity contribution in [3.05, 3.63) is 12.2 Å². The van der Waals surface area contributed by atoms with Crippen LogP contribution in [0.4, 0.5) is 0 Å². The Morgan fingerprint density at radius 1 is 0.629 bits per heavy atom. The Morgan fingerprint density at radius 3 is 1.46 bits per heavy atom. The van der Waals surface area contributed by atoms with Crippen molar-refractivity contribution in [3.8, 4) is 0 Å². The first-order valence-corrected chi connectivity index (χ1v) is 14.0. The van der Waals surface area contributed by atoms with Crippen LogP contribution in [0.25, 0.3) is 0 Å². The first-order valence-electron chi connectivity index (χ1n) is 14.0. The summed E-state index contributed by atoms with van der Waals surface area (Å²) in [4.78, 5) is 11.6. The van der Waals surface area contributed by atoms with E-state index >= 15 is 0 Å². The van der Waals surface area contributed by atoms with Crippen molar-refractivity contribution >= 4 is 5.97 Å². The second-order valence-electron chi connectivity index (χ2n) is 10.2. The van der Waals surface area contributed by atoms with Crippen molar-refractivity contribution in [2.75, 3.05) is 33.0 Å². The van der Waals surface area contributed by atoms with Crippen LogP contribution < -0.4 is 0 Å². The van der Waals surface area contributed by atoms with Crippen molar-refractivity contribution in [2.24, 2.45) is 5.41 Å². The van der Waals surface area contributed by atoms with Crippen molar-refractivity contribution in [3.63, 3.8) is 0 Å². The van der Waals surface area contributed by atoms with Gasteiger partial charge in [0.1, 0.15) is 0 Å². The number of esters is 1. The number of aliphatic hydroxyl groups excluding tert-OH is 4. The molecule has 0 saturated heterocycles. The van der Waals surface area contributed by atoms with Gasteiger partial charge in [-0.25, -0.2) is 0 Å². The van der Waals surface area contributed by atoms with Gasteiger partial charge < -0.3 is 25.2 Å². The maximum Gasteiger partial charge on any atom is 0.305 e. The summed E-state index contributed by atoms with van der Waals surface area (Å²) in [5, 5.41) is 31.4. The number of allylic oxidation sites excluding steroid dienone is 2.